The summed E-state index contributed by atoms with van der Waals surface area (Å²) in [7, 11) is 0. The van der Waals surface area contributed by atoms with Gasteiger partial charge in [0.05, 0.1) is 0 Å². The van der Waals surface area contributed by atoms with Crippen molar-refractivity contribution in [1.82, 2.24) is 0 Å². The first-order valence-corrected chi connectivity index (χ1v) is 7.83. The summed E-state index contributed by atoms with van der Waals surface area (Å²) in [5.41, 5.74) is 4.22. The van der Waals surface area contributed by atoms with E-state index in [1.807, 2.05) is 6.08 Å². The van der Waals surface area contributed by atoms with Crippen LogP contribution in [-0.2, 0) is 4.79 Å². The van der Waals surface area contributed by atoms with E-state index >= 15 is 0 Å². The molecule has 0 spiro atoms. The molecule has 0 amide bonds. The molecule has 1 aliphatic carbocycles. The Morgan fingerprint density at radius 2 is 1.86 bits per heavy atom. The molecule has 0 N–H and O–H groups in total. The van der Waals surface area contributed by atoms with Gasteiger partial charge in [-0.05, 0) is 74.3 Å². The lowest BCUT2D eigenvalue weighted by Gasteiger charge is -2.32. The Morgan fingerprint density at radius 1 is 1.18 bits per heavy atom. The van der Waals surface area contributed by atoms with Gasteiger partial charge in [-0.3, -0.25) is 4.79 Å². The van der Waals surface area contributed by atoms with Crippen LogP contribution in [0.1, 0.15) is 53.9 Å². The maximum atomic E-state index is 14.1. The summed E-state index contributed by atoms with van der Waals surface area (Å²) in [6.07, 6.45) is 12.6. The van der Waals surface area contributed by atoms with Crippen molar-refractivity contribution in [3.8, 4) is 0 Å². The van der Waals surface area contributed by atoms with Crippen LogP contribution in [0, 0.1) is 5.41 Å². The first kappa shape index (κ1) is 18.3. The smallest absolute Gasteiger partial charge is 0.143 e. The van der Waals surface area contributed by atoms with Gasteiger partial charge >= 0.3 is 0 Å². The van der Waals surface area contributed by atoms with Gasteiger partial charge in [-0.1, -0.05) is 37.6 Å². The minimum absolute atomic E-state index is 0.161. The molecule has 0 radical (unpaired) electrons. The van der Waals surface area contributed by atoms with Crippen LogP contribution in [0.15, 0.2) is 58.5 Å². The Hall–Kier alpha value is -1.70. The van der Waals surface area contributed by atoms with E-state index in [9.17, 15) is 9.18 Å². The van der Waals surface area contributed by atoms with E-state index in [0.717, 1.165) is 12.0 Å². The molecule has 0 saturated carbocycles. The number of hydrogen-bond donors (Lipinski definition) is 0. The second-order valence-electron chi connectivity index (χ2n) is 6.68. The van der Waals surface area contributed by atoms with E-state index < -0.39 is 0 Å². The molecule has 0 heterocycles. The first-order chi connectivity index (χ1) is 10.3. The molecule has 2 heteroatoms. The molecule has 1 aliphatic rings. The topological polar surface area (TPSA) is 17.1 Å². The largest absolute Gasteiger partial charge is 0.299 e. The van der Waals surface area contributed by atoms with Crippen LogP contribution in [0.4, 0.5) is 4.39 Å². The average Bonchev–Trinajstić information content (AvgIpc) is 2.43. The molecule has 1 rings (SSSR count). The van der Waals surface area contributed by atoms with Crippen molar-refractivity contribution >= 4 is 6.29 Å². The fraction of sp³-hybridized carbons (Fsp3) is 0.450. The highest BCUT2D eigenvalue weighted by molar-refractivity contribution is 5.67. The fourth-order valence-corrected chi connectivity index (χ4v) is 2.80. The van der Waals surface area contributed by atoms with Crippen molar-refractivity contribution < 1.29 is 9.18 Å². The van der Waals surface area contributed by atoms with Crippen LogP contribution in [0.3, 0.4) is 0 Å². The van der Waals surface area contributed by atoms with Gasteiger partial charge in [0.25, 0.3) is 0 Å². The van der Waals surface area contributed by atoms with Crippen LogP contribution in [0.25, 0.3) is 0 Å². The number of aldehydes is 1. The Balaban J connectivity index is 2.94. The zero-order valence-corrected chi connectivity index (χ0v) is 14.4. The maximum Gasteiger partial charge on any atom is 0.143 e. The number of carbonyl (C=O) groups is 1. The number of halogens is 1. The summed E-state index contributed by atoms with van der Waals surface area (Å²) in [6, 6.07) is 0. The number of hydrogen-bond acceptors (Lipinski definition) is 1. The third-order valence-electron chi connectivity index (χ3n) is 4.24. The lowest BCUT2D eigenvalue weighted by Crippen LogP contribution is -2.19. The molecule has 1 nitrogen and oxygen atoms in total. The highest BCUT2D eigenvalue weighted by Crippen LogP contribution is 2.40. The monoisotopic (exact) mass is 302 g/mol. The standard InChI is InChI=1S/C20H27FO/c1-15(12-14-22)8-11-19(21)17(3)9-10-18-16(2)7-6-13-20(18,4)5/h8-12,14H,6-7,13H2,1-5H3/b10-9+,11-8+,15-12+,19-17+. The summed E-state index contributed by atoms with van der Waals surface area (Å²) in [6.45, 7) is 10.2. The molecular formula is C20H27FO. The molecule has 0 saturated heterocycles. The van der Waals surface area contributed by atoms with Crippen LogP contribution in [-0.4, -0.2) is 6.29 Å². The third-order valence-corrected chi connectivity index (χ3v) is 4.24. The van der Waals surface area contributed by atoms with Gasteiger partial charge in [-0.15, -0.1) is 0 Å². The maximum absolute atomic E-state index is 14.1. The molecule has 0 aliphatic heterocycles. The Labute approximate surface area is 134 Å². The van der Waals surface area contributed by atoms with Crippen LogP contribution in [0.5, 0.6) is 0 Å². The van der Waals surface area contributed by atoms with E-state index in [0.29, 0.717) is 11.9 Å². The second kappa shape index (κ2) is 8.07. The SMILES string of the molecule is CC1=C(/C=C/C(C)=C(F)\C=C\C(C)=C\C=O)C(C)(C)CCC1. The molecule has 0 aromatic rings. The van der Waals surface area contributed by atoms with Crippen molar-refractivity contribution in [3.05, 3.63) is 58.5 Å². The number of carbonyl (C=O) groups excluding carboxylic acids is 1. The molecule has 0 fully saturated rings. The lowest BCUT2D eigenvalue weighted by molar-refractivity contribution is -0.104. The molecule has 0 bridgehead atoms. The van der Waals surface area contributed by atoms with Gasteiger partial charge in [-0.25, -0.2) is 4.39 Å². The second-order valence-corrected chi connectivity index (χ2v) is 6.68. The number of rotatable bonds is 5. The van der Waals surface area contributed by atoms with Gasteiger partial charge in [-0.2, -0.15) is 0 Å². The molecule has 22 heavy (non-hydrogen) atoms. The summed E-state index contributed by atoms with van der Waals surface area (Å²) in [5, 5.41) is 0. The van der Waals surface area contributed by atoms with E-state index in [2.05, 4.69) is 26.8 Å². The first-order valence-electron chi connectivity index (χ1n) is 7.83. The van der Waals surface area contributed by atoms with Crippen molar-refractivity contribution in [2.24, 2.45) is 5.41 Å². The van der Waals surface area contributed by atoms with Crippen LogP contribution < -0.4 is 0 Å². The van der Waals surface area contributed by atoms with Crippen molar-refractivity contribution in [2.45, 2.75) is 53.9 Å². The van der Waals surface area contributed by atoms with Gasteiger partial charge < -0.3 is 0 Å². The van der Waals surface area contributed by atoms with E-state index in [-0.39, 0.29) is 11.2 Å². The average molecular weight is 302 g/mol. The van der Waals surface area contributed by atoms with Gasteiger partial charge in [0.1, 0.15) is 12.1 Å². The summed E-state index contributed by atoms with van der Waals surface area (Å²) in [4.78, 5) is 10.3. The minimum Gasteiger partial charge on any atom is -0.299 e. The summed E-state index contributed by atoms with van der Waals surface area (Å²) < 4.78 is 14.1. The van der Waals surface area contributed by atoms with Crippen molar-refractivity contribution in [3.63, 3.8) is 0 Å². The van der Waals surface area contributed by atoms with E-state index in [1.165, 1.54) is 36.1 Å². The third kappa shape index (κ3) is 5.25. The highest BCUT2D eigenvalue weighted by Gasteiger charge is 2.26. The summed E-state index contributed by atoms with van der Waals surface area (Å²) in [5.74, 6) is -0.276. The van der Waals surface area contributed by atoms with Crippen molar-refractivity contribution in [1.29, 1.82) is 0 Å². The predicted molar refractivity (Wildman–Crippen MR) is 92.2 cm³/mol. The Kier molecular flexibility index (Phi) is 6.73. The van der Waals surface area contributed by atoms with Gasteiger partial charge in [0.2, 0.25) is 0 Å². The quantitative estimate of drug-likeness (QED) is 0.345. The van der Waals surface area contributed by atoms with Crippen LogP contribution >= 0.6 is 0 Å². The lowest BCUT2D eigenvalue weighted by atomic mass is 9.72. The van der Waals surface area contributed by atoms with Gasteiger partial charge in [0, 0.05) is 0 Å². The molecule has 0 aromatic carbocycles. The Morgan fingerprint density at radius 3 is 2.45 bits per heavy atom. The minimum atomic E-state index is -0.276. The molecule has 0 aromatic heterocycles. The number of allylic oxidation sites excluding steroid dienone is 10. The summed E-state index contributed by atoms with van der Waals surface area (Å²) >= 11 is 0. The normalized spacial score (nSPS) is 20.7. The zero-order chi connectivity index (χ0) is 16.8. The van der Waals surface area contributed by atoms with Crippen LogP contribution in [0.2, 0.25) is 0 Å². The van der Waals surface area contributed by atoms with E-state index in [1.54, 1.807) is 19.9 Å². The Bertz CT molecular complexity index is 569. The fourth-order valence-electron chi connectivity index (χ4n) is 2.80. The van der Waals surface area contributed by atoms with Gasteiger partial charge in [0.15, 0.2) is 0 Å². The highest BCUT2D eigenvalue weighted by atomic mass is 19.1. The predicted octanol–water partition coefficient (Wildman–Crippen LogP) is 6.01. The molecule has 0 atom stereocenters. The molecule has 120 valence electrons. The van der Waals surface area contributed by atoms with E-state index in [4.69, 9.17) is 0 Å². The molecular weight excluding hydrogens is 275 g/mol. The zero-order valence-electron chi connectivity index (χ0n) is 14.4. The van der Waals surface area contributed by atoms with Crippen molar-refractivity contribution in [2.75, 3.05) is 0 Å². The molecule has 0 unspecified atom stereocenters.